The third-order valence-corrected chi connectivity index (χ3v) is 3.64. The molecule has 19 heavy (non-hydrogen) atoms. The molecule has 0 aliphatic heterocycles. The molecule has 0 N–H and O–H groups in total. The monoisotopic (exact) mass is 328 g/mol. The predicted octanol–water partition coefficient (Wildman–Crippen LogP) is 5.58. The van der Waals surface area contributed by atoms with Crippen molar-refractivity contribution in [2.45, 2.75) is 18.4 Å². The van der Waals surface area contributed by atoms with Crippen LogP contribution in [-0.4, -0.2) is 0 Å². The van der Waals surface area contributed by atoms with Crippen molar-refractivity contribution >= 4 is 15.9 Å². The van der Waals surface area contributed by atoms with Gasteiger partial charge in [0.2, 0.25) is 0 Å². The molecule has 0 aromatic heterocycles. The van der Waals surface area contributed by atoms with E-state index in [4.69, 9.17) is 0 Å². The zero-order valence-electron chi connectivity index (χ0n) is 10.3. The molecule has 0 heterocycles. The molecule has 100 valence electrons. The molecule has 0 atom stereocenters. The molecular formula is C15H12BrF3. The molecule has 4 heteroatoms. The molecule has 2 rings (SSSR count). The molecule has 0 fully saturated rings. The average Bonchev–Trinajstić information content (AvgIpc) is 2.38. The van der Waals surface area contributed by atoms with Gasteiger partial charge in [-0.15, -0.1) is 0 Å². The highest BCUT2D eigenvalue weighted by atomic mass is 79.9. The van der Waals surface area contributed by atoms with Gasteiger partial charge in [-0.05, 0) is 41.3 Å². The van der Waals surface area contributed by atoms with E-state index in [2.05, 4.69) is 15.9 Å². The zero-order valence-corrected chi connectivity index (χ0v) is 11.8. The minimum absolute atomic E-state index is 0.620. The maximum atomic E-state index is 12.5. The lowest BCUT2D eigenvalue weighted by Crippen LogP contribution is -2.04. The minimum atomic E-state index is -4.28. The van der Waals surface area contributed by atoms with Gasteiger partial charge in [-0.25, -0.2) is 0 Å². The van der Waals surface area contributed by atoms with Crippen LogP contribution in [0.3, 0.4) is 0 Å². The van der Waals surface area contributed by atoms with E-state index in [1.165, 1.54) is 17.7 Å². The second kappa shape index (κ2) is 5.37. The smallest absolute Gasteiger partial charge is 0.166 e. The molecule has 2 aromatic rings. The van der Waals surface area contributed by atoms with Crippen LogP contribution in [0.1, 0.15) is 16.7 Å². The molecule has 0 saturated carbocycles. The van der Waals surface area contributed by atoms with E-state index in [0.717, 1.165) is 34.2 Å². The van der Waals surface area contributed by atoms with E-state index < -0.39 is 11.7 Å². The Morgan fingerprint density at radius 2 is 1.53 bits per heavy atom. The van der Waals surface area contributed by atoms with Crippen molar-refractivity contribution in [3.63, 3.8) is 0 Å². The van der Waals surface area contributed by atoms with Gasteiger partial charge in [-0.1, -0.05) is 46.3 Å². The third kappa shape index (κ3) is 3.18. The van der Waals surface area contributed by atoms with Gasteiger partial charge < -0.3 is 0 Å². The summed E-state index contributed by atoms with van der Waals surface area (Å²) in [5.41, 5.74) is 3.39. The summed E-state index contributed by atoms with van der Waals surface area (Å²) in [4.78, 5) is 0. The Labute approximate surface area is 118 Å². The first-order valence-corrected chi connectivity index (χ1v) is 6.87. The second-order valence-corrected chi connectivity index (χ2v) is 4.91. The van der Waals surface area contributed by atoms with Crippen LogP contribution in [-0.2, 0) is 11.5 Å². The highest BCUT2D eigenvalue weighted by molar-refractivity contribution is 9.08. The van der Waals surface area contributed by atoms with Crippen molar-refractivity contribution in [3.8, 4) is 11.1 Å². The van der Waals surface area contributed by atoms with E-state index >= 15 is 0 Å². The summed E-state index contributed by atoms with van der Waals surface area (Å²) in [5, 5.41) is 0.770. The highest BCUT2D eigenvalue weighted by Gasteiger charge is 2.29. The van der Waals surface area contributed by atoms with E-state index in [1.807, 2.05) is 25.1 Å². The van der Waals surface area contributed by atoms with Crippen LogP contribution in [0.25, 0.3) is 11.1 Å². The molecule has 0 radical (unpaired) electrons. The Morgan fingerprint density at radius 1 is 0.947 bits per heavy atom. The predicted molar refractivity (Wildman–Crippen MR) is 74.2 cm³/mol. The number of aryl methyl sites for hydroxylation is 1. The van der Waals surface area contributed by atoms with E-state index in [1.54, 1.807) is 0 Å². The van der Waals surface area contributed by atoms with Crippen LogP contribution in [0.2, 0.25) is 0 Å². The second-order valence-electron chi connectivity index (χ2n) is 4.35. The fraction of sp³-hybridized carbons (Fsp3) is 0.200. The lowest BCUT2D eigenvalue weighted by molar-refractivity contribution is -0.137. The Hall–Kier alpha value is -1.29. The molecule has 0 aliphatic carbocycles. The fourth-order valence-corrected chi connectivity index (χ4v) is 2.51. The first-order chi connectivity index (χ1) is 8.91. The van der Waals surface area contributed by atoms with Gasteiger partial charge in [0.1, 0.15) is 0 Å². The normalized spacial score (nSPS) is 11.6. The number of benzene rings is 2. The lowest BCUT2D eigenvalue weighted by atomic mass is 9.99. The number of hydrogen-bond acceptors (Lipinski definition) is 0. The van der Waals surface area contributed by atoms with Crippen LogP contribution < -0.4 is 0 Å². The Bertz CT molecular complexity index is 571. The zero-order chi connectivity index (χ0) is 14.0. The highest BCUT2D eigenvalue weighted by Crippen LogP contribution is 2.31. The number of alkyl halides is 4. The fourth-order valence-electron chi connectivity index (χ4n) is 1.88. The maximum absolute atomic E-state index is 12.5. The molecular weight excluding hydrogens is 317 g/mol. The molecule has 0 spiro atoms. The quantitative estimate of drug-likeness (QED) is 0.631. The van der Waals surface area contributed by atoms with Crippen molar-refractivity contribution in [2.75, 3.05) is 0 Å². The van der Waals surface area contributed by atoms with Crippen LogP contribution in [0, 0.1) is 6.92 Å². The van der Waals surface area contributed by atoms with Gasteiger partial charge in [0.25, 0.3) is 0 Å². The SMILES string of the molecule is Cc1cc(-c2ccc(C(F)(F)F)cc2)ccc1CBr. The summed E-state index contributed by atoms with van der Waals surface area (Å²) in [7, 11) is 0. The van der Waals surface area contributed by atoms with Crippen molar-refractivity contribution in [3.05, 3.63) is 59.2 Å². The lowest BCUT2D eigenvalue weighted by Gasteiger charge is -2.09. The number of halogens is 4. The van der Waals surface area contributed by atoms with Crippen molar-refractivity contribution in [1.82, 2.24) is 0 Å². The molecule has 0 bridgehead atoms. The van der Waals surface area contributed by atoms with Gasteiger partial charge in [-0.3, -0.25) is 0 Å². The minimum Gasteiger partial charge on any atom is -0.166 e. The van der Waals surface area contributed by atoms with Crippen LogP contribution in [0.4, 0.5) is 13.2 Å². The summed E-state index contributed by atoms with van der Waals surface area (Å²) >= 11 is 3.40. The number of rotatable bonds is 2. The Balaban J connectivity index is 2.35. The van der Waals surface area contributed by atoms with Crippen LogP contribution in [0.5, 0.6) is 0 Å². The van der Waals surface area contributed by atoms with Crippen molar-refractivity contribution < 1.29 is 13.2 Å². The standard InChI is InChI=1S/C15H12BrF3/c1-10-8-12(2-3-13(10)9-16)11-4-6-14(7-5-11)15(17,18)19/h2-8H,9H2,1H3. The van der Waals surface area contributed by atoms with Gasteiger partial charge in [-0.2, -0.15) is 13.2 Å². The molecule has 2 aromatic carbocycles. The third-order valence-electron chi connectivity index (χ3n) is 3.03. The van der Waals surface area contributed by atoms with Gasteiger partial charge in [0, 0.05) is 5.33 Å². The molecule has 0 nitrogen and oxygen atoms in total. The van der Waals surface area contributed by atoms with E-state index in [9.17, 15) is 13.2 Å². The molecule has 0 aliphatic rings. The van der Waals surface area contributed by atoms with Crippen molar-refractivity contribution in [2.24, 2.45) is 0 Å². The summed E-state index contributed by atoms with van der Waals surface area (Å²) in [5.74, 6) is 0. The summed E-state index contributed by atoms with van der Waals surface area (Å²) < 4.78 is 37.4. The summed E-state index contributed by atoms with van der Waals surface area (Å²) in [6, 6.07) is 11.1. The number of hydrogen-bond donors (Lipinski definition) is 0. The van der Waals surface area contributed by atoms with E-state index in [-0.39, 0.29) is 0 Å². The topological polar surface area (TPSA) is 0 Å². The van der Waals surface area contributed by atoms with Gasteiger partial charge in [0.05, 0.1) is 5.56 Å². The maximum Gasteiger partial charge on any atom is 0.416 e. The van der Waals surface area contributed by atoms with Crippen molar-refractivity contribution in [1.29, 1.82) is 0 Å². The molecule has 0 amide bonds. The molecule has 0 saturated heterocycles. The summed E-state index contributed by atoms with van der Waals surface area (Å²) in [6.45, 7) is 1.99. The Kier molecular flexibility index (Phi) is 3.99. The molecule has 0 unspecified atom stereocenters. The summed E-state index contributed by atoms with van der Waals surface area (Å²) in [6.07, 6.45) is -4.28. The first kappa shape index (κ1) is 14.1. The van der Waals surface area contributed by atoms with Gasteiger partial charge in [0.15, 0.2) is 0 Å². The first-order valence-electron chi connectivity index (χ1n) is 5.75. The van der Waals surface area contributed by atoms with Crippen LogP contribution in [0.15, 0.2) is 42.5 Å². The van der Waals surface area contributed by atoms with Crippen LogP contribution >= 0.6 is 15.9 Å². The largest absolute Gasteiger partial charge is 0.416 e. The average molecular weight is 329 g/mol. The Morgan fingerprint density at radius 3 is 2.00 bits per heavy atom. The van der Waals surface area contributed by atoms with Gasteiger partial charge >= 0.3 is 6.18 Å². The van der Waals surface area contributed by atoms with E-state index in [0.29, 0.717) is 0 Å².